The standard InChI is InChI=1S/C25H24N4O/c30-25(24-19-29(28-27-24)18-20-10-4-1-5-11-20)26-17-16-23(21-12-6-2-7-13-21)22-14-8-3-9-15-22/h1-15,19,23H,16-18H2,(H,26,30). The molecule has 150 valence electrons. The average Bonchev–Trinajstić information content (AvgIpc) is 3.27. The predicted octanol–water partition coefficient (Wildman–Crippen LogP) is 4.28. The second kappa shape index (κ2) is 9.65. The van der Waals surface area contributed by atoms with Crippen molar-refractivity contribution >= 4 is 5.91 Å². The van der Waals surface area contributed by atoms with Crippen LogP contribution in [0.15, 0.2) is 97.2 Å². The number of benzene rings is 3. The largest absolute Gasteiger partial charge is 0.351 e. The molecule has 0 spiro atoms. The van der Waals surface area contributed by atoms with Gasteiger partial charge < -0.3 is 5.32 Å². The molecule has 0 fully saturated rings. The summed E-state index contributed by atoms with van der Waals surface area (Å²) in [5, 5.41) is 11.1. The number of nitrogens with one attached hydrogen (secondary N) is 1. The van der Waals surface area contributed by atoms with E-state index in [-0.39, 0.29) is 11.8 Å². The van der Waals surface area contributed by atoms with E-state index in [1.165, 1.54) is 11.1 Å². The molecular weight excluding hydrogens is 372 g/mol. The third-order valence-electron chi connectivity index (χ3n) is 5.08. The minimum absolute atomic E-state index is 0.200. The van der Waals surface area contributed by atoms with Crippen molar-refractivity contribution < 1.29 is 4.79 Å². The first-order valence-corrected chi connectivity index (χ1v) is 10.1. The minimum atomic E-state index is -0.200. The van der Waals surface area contributed by atoms with E-state index in [4.69, 9.17) is 0 Å². The second-order valence-corrected chi connectivity index (χ2v) is 7.21. The first kappa shape index (κ1) is 19.6. The molecule has 1 amide bonds. The lowest BCUT2D eigenvalue weighted by atomic mass is 9.88. The van der Waals surface area contributed by atoms with Crippen LogP contribution in [0.25, 0.3) is 0 Å². The molecule has 0 saturated heterocycles. The summed E-state index contributed by atoms with van der Waals surface area (Å²) >= 11 is 0. The molecule has 0 bridgehead atoms. The van der Waals surface area contributed by atoms with Gasteiger partial charge >= 0.3 is 0 Å². The lowest BCUT2D eigenvalue weighted by Gasteiger charge is -2.18. The maximum absolute atomic E-state index is 12.5. The Balaban J connectivity index is 1.37. The van der Waals surface area contributed by atoms with Gasteiger partial charge in [0.25, 0.3) is 5.91 Å². The number of hydrogen-bond donors (Lipinski definition) is 1. The Morgan fingerprint density at radius 1 is 0.833 bits per heavy atom. The van der Waals surface area contributed by atoms with Crippen molar-refractivity contribution in [1.82, 2.24) is 20.3 Å². The molecule has 0 aliphatic heterocycles. The molecule has 0 aliphatic rings. The Hall–Kier alpha value is -3.73. The fourth-order valence-electron chi connectivity index (χ4n) is 3.57. The van der Waals surface area contributed by atoms with E-state index < -0.39 is 0 Å². The SMILES string of the molecule is O=C(NCCC(c1ccccc1)c1ccccc1)c1cn(Cc2ccccc2)nn1. The summed E-state index contributed by atoms with van der Waals surface area (Å²) in [6.07, 6.45) is 2.49. The van der Waals surface area contributed by atoms with Gasteiger partial charge in [-0.1, -0.05) is 96.2 Å². The van der Waals surface area contributed by atoms with Crippen molar-refractivity contribution in [2.24, 2.45) is 0 Å². The fraction of sp³-hybridized carbons (Fsp3) is 0.160. The third kappa shape index (κ3) is 5.00. The van der Waals surface area contributed by atoms with E-state index in [0.29, 0.717) is 18.8 Å². The molecule has 1 N–H and O–H groups in total. The Labute approximate surface area is 176 Å². The second-order valence-electron chi connectivity index (χ2n) is 7.21. The molecule has 30 heavy (non-hydrogen) atoms. The van der Waals surface area contributed by atoms with E-state index in [9.17, 15) is 4.79 Å². The zero-order valence-electron chi connectivity index (χ0n) is 16.7. The number of hydrogen-bond acceptors (Lipinski definition) is 3. The van der Waals surface area contributed by atoms with Gasteiger partial charge in [-0.25, -0.2) is 4.68 Å². The Bertz CT molecular complexity index is 1020. The summed E-state index contributed by atoms with van der Waals surface area (Å²) in [7, 11) is 0. The highest BCUT2D eigenvalue weighted by molar-refractivity contribution is 5.91. The van der Waals surface area contributed by atoms with Gasteiger partial charge in [0.1, 0.15) is 0 Å². The van der Waals surface area contributed by atoms with E-state index >= 15 is 0 Å². The minimum Gasteiger partial charge on any atom is -0.351 e. The van der Waals surface area contributed by atoms with Crippen LogP contribution in [-0.4, -0.2) is 27.4 Å². The van der Waals surface area contributed by atoms with Crippen molar-refractivity contribution in [3.05, 3.63) is 120 Å². The molecule has 1 heterocycles. The molecule has 3 aromatic carbocycles. The first-order valence-electron chi connectivity index (χ1n) is 10.1. The van der Waals surface area contributed by atoms with Crippen molar-refractivity contribution in [2.45, 2.75) is 18.9 Å². The van der Waals surface area contributed by atoms with Gasteiger partial charge in [-0.15, -0.1) is 5.10 Å². The highest BCUT2D eigenvalue weighted by atomic mass is 16.2. The smallest absolute Gasteiger partial charge is 0.273 e. The molecule has 5 nitrogen and oxygen atoms in total. The van der Waals surface area contributed by atoms with Crippen LogP contribution in [0.2, 0.25) is 0 Å². The maximum atomic E-state index is 12.5. The lowest BCUT2D eigenvalue weighted by Crippen LogP contribution is -2.26. The zero-order valence-corrected chi connectivity index (χ0v) is 16.7. The van der Waals surface area contributed by atoms with E-state index in [2.05, 4.69) is 64.2 Å². The van der Waals surface area contributed by atoms with Crippen molar-refractivity contribution in [2.75, 3.05) is 6.54 Å². The van der Waals surface area contributed by atoms with Gasteiger partial charge in [-0.3, -0.25) is 4.79 Å². The number of rotatable bonds is 8. The van der Waals surface area contributed by atoms with E-state index in [1.807, 2.05) is 42.5 Å². The Morgan fingerprint density at radius 3 is 2.00 bits per heavy atom. The molecule has 0 atom stereocenters. The number of carbonyl (C=O) groups excluding carboxylic acids is 1. The summed E-state index contributed by atoms with van der Waals surface area (Å²) in [6, 6.07) is 30.8. The van der Waals surface area contributed by atoms with Crippen LogP contribution in [-0.2, 0) is 6.54 Å². The van der Waals surface area contributed by atoms with E-state index in [0.717, 1.165) is 12.0 Å². The van der Waals surface area contributed by atoms with Gasteiger partial charge in [-0.05, 0) is 23.1 Å². The van der Waals surface area contributed by atoms with E-state index in [1.54, 1.807) is 10.9 Å². The maximum Gasteiger partial charge on any atom is 0.273 e. The molecule has 5 heteroatoms. The van der Waals surface area contributed by atoms with Gasteiger partial charge in [0.05, 0.1) is 12.7 Å². The number of carbonyl (C=O) groups is 1. The van der Waals surface area contributed by atoms with Crippen molar-refractivity contribution in [1.29, 1.82) is 0 Å². The van der Waals surface area contributed by atoms with Gasteiger partial charge in [0.15, 0.2) is 5.69 Å². The van der Waals surface area contributed by atoms with Gasteiger partial charge in [0, 0.05) is 12.5 Å². The molecule has 1 aromatic heterocycles. The van der Waals surface area contributed by atoms with Crippen LogP contribution >= 0.6 is 0 Å². The summed E-state index contributed by atoms with van der Waals surface area (Å²) in [6.45, 7) is 1.14. The monoisotopic (exact) mass is 396 g/mol. The average molecular weight is 396 g/mol. The molecule has 0 unspecified atom stereocenters. The quantitative estimate of drug-likeness (QED) is 0.484. The summed E-state index contributed by atoms with van der Waals surface area (Å²) < 4.78 is 1.68. The fourth-order valence-corrected chi connectivity index (χ4v) is 3.57. The zero-order chi connectivity index (χ0) is 20.6. The highest BCUT2D eigenvalue weighted by Gasteiger charge is 2.15. The number of nitrogens with zero attached hydrogens (tertiary/aromatic N) is 3. The Morgan fingerprint density at radius 2 is 1.40 bits per heavy atom. The van der Waals surface area contributed by atoms with Crippen molar-refractivity contribution in [3.63, 3.8) is 0 Å². The summed E-state index contributed by atoms with van der Waals surface area (Å²) in [4.78, 5) is 12.5. The molecule has 0 radical (unpaired) electrons. The van der Waals surface area contributed by atoms with Crippen LogP contribution < -0.4 is 5.32 Å². The van der Waals surface area contributed by atoms with Crippen molar-refractivity contribution in [3.8, 4) is 0 Å². The van der Waals surface area contributed by atoms with Gasteiger partial charge in [0.2, 0.25) is 0 Å². The lowest BCUT2D eigenvalue weighted by molar-refractivity contribution is 0.0947. The van der Waals surface area contributed by atoms with Gasteiger partial charge in [-0.2, -0.15) is 0 Å². The van der Waals surface area contributed by atoms with Crippen LogP contribution in [0, 0.1) is 0 Å². The Kier molecular flexibility index (Phi) is 6.30. The third-order valence-corrected chi connectivity index (χ3v) is 5.08. The predicted molar refractivity (Wildman–Crippen MR) is 117 cm³/mol. The first-order chi connectivity index (χ1) is 14.8. The topological polar surface area (TPSA) is 59.8 Å². The normalized spacial score (nSPS) is 10.8. The molecule has 0 saturated carbocycles. The summed E-state index contributed by atoms with van der Waals surface area (Å²) in [5.41, 5.74) is 3.93. The molecular formula is C25H24N4O. The number of amides is 1. The molecule has 0 aliphatic carbocycles. The van der Waals surface area contributed by atoms with Crippen LogP contribution in [0.1, 0.15) is 39.5 Å². The molecule has 4 rings (SSSR count). The number of aromatic nitrogens is 3. The van der Waals surface area contributed by atoms with Crippen LogP contribution in [0.4, 0.5) is 0 Å². The van der Waals surface area contributed by atoms with Crippen LogP contribution in [0.3, 0.4) is 0 Å². The van der Waals surface area contributed by atoms with Crippen LogP contribution in [0.5, 0.6) is 0 Å². The highest BCUT2D eigenvalue weighted by Crippen LogP contribution is 2.27. The molecule has 4 aromatic rings. The summed E-state index contributed by atoms with van der Waals surface area (Å²) in [5.74, 6) is 0.0237.